The summed E-state index contributed by atoms with van der Waals surface area (Å²) < 4.78 is 33.6. The number of benzene rings is 2. The van der Waals surface area contributed by atoms with Crippen LogP contribution in [-0.2, 0) is 14.8 Å². The van der Waals surface area contributed by atoms with E-state index in [0.717, 1.165) is 35.1 Å². The van der Waals surface area contributed by atoms with Gasteiger partial charge in [0.1, 0.15) is 12.0 Å². The first-order chi connectivity index (χ1) is 16.2. The summed E-state index contributed by atoms with van der Waals surface area (Å²) in [6, 6.07) is 11.4. The maximum Gasteiger partial charge on any atom is 0.268 e. The van der Waals surface area contributed by atoms with Gasteiger partial charge in [-0.3, -0.25) is 10.1 Å². The number of hydrogen-bond acceptors (Lipinski definition) is 6. The summed E-state index contributed by atoms with van der Waals surface area (Å²) in [6.07, 6.45) is 5.32. The van der Waals surface area contributed by atoms with E-state index in [0.29, 0.717) is 28.6 Å². The second kappa shape index (κ2) is 10.8. The third kappa shape index (κ3) is 5.30. The number of carbonyl (C=O) groups excluding carboxylic acids is 1. The summed E-state index contributed by atoms with van der Waals surface area (Å²) in [5.74, 6) is -0.884. The maximum atomic E-state index is 13.6. The first-order valence-corrected chi connectivity index (χ1v) is 12.7. The average molecular weight is 487 g/mol. The van der Waals surface area contributed by atoms with E-state index in [1.807, 2.05) is 13.8 Å². The highest BCUT2D eigenvalue weighted by Gasteiger charge is 2.32. The lowest BCUT2D eigenvalue weighted by Gasteiger charge is -2.19. The Balaban J connectivity index is 2.23. The Hall–Kier alpha value is -3.20. The van der Waals surface area contributed by atoms with Crippen LogP contribution in [0.3, 0.4) is 0 Å². The molecule has 0 unspecified atom stereocenters. The number of unbranched alkanes of at least 4 members (excludes halogenated alkanes) is 2. The summed E-state index contributed by atoms with van der Waals surface area (Å²) in [4.78, 5) is 23.3. The van der Waals surface area contributed by atoms with E-state index in [-0.39, 0.29) is 4.90 Å². The molecule has 0 radical (unpaired) electrons. The minimum Gasteiger partial charge on any atom is -0.497 e. The van der Waals surface area contributed by atoms with Crippen LogP contribution in [0.1, 0.15) is 49.7 Å². The van der Waals surface area contributed by atoms with Crippen LogP contribution in [0, 0.1) is 23.0 Å². The molecule has 1 aromatic heterocycles. The van der Waals surface area contributed by atoms with Gasteiger partial charge in [0.05, 0.1) is 23.4 Å². The molecule has 0 amide bonds. The number of hydrogen-bond donors (Lipinski definition) is 0. The SMILES string of the molecule is CCCCC[C@H](C=O)[C@@H](C[N+](=O)[O-])c1cn(S(=O)(=O)c2ccc(C)cc2)c2ccc(OC)cc12. The predicted octanol–water partition coefficient (Wildman–Crippen LogP) is 4.95. The van der Waals surface area contributed by atoms with Crippen LogP contribution in [0.2, 0.25) is 0 Å². The zero-order valence-electron chi connectivity index (χ0n) is 19.6. The molecule has 2 aromatic carbocycles. The molecule has 8 nitrogen and oxygen atoms in total. The Morgan fingerprint density at radius 3 is 2.44 bits per heavy atom. The van der Waals surface area contributed by atoms with Crippen LogP contribution < -0.4 is 4.74 Å². The Kier molecular flexibility index (Phi) is 8.09. The van der Waals surface area contributed by atoms with Gasteiger partial charge >= 0.3 is 0 Å². The lowest BCUT2D eigenvalue weighted by atomic mass is 9.83. The zero-order chi connectivity index (χ0) is 24.9. The van der Waals surface area contributed by atoms with Crippen LogP contribution in [0.25, 0.3) is 10.9 Å². The van der Waals surface area contributed by atoms with Crippen LogP contribution in [0.4, 0.5) is 0 Å². The maximum absolute atomic E-state index is 13.6. The highest BCUT2D eigenvalue weighted by atomic mass is 32.2. The highest BCUT2D eigenvalue weighted by Crippen LogP contribution is 2.37. The molecule has 0 aliphatic carbocycles. The van der Waals surface area contributed by atoms with Gasteiger partial charge in [-0.1, -0.05) is 43.9 Å². The van der Waals surface area contributed by atoms with Crippen molar-refractivity contribution in [1.82, 2.24) is 3.97 Å². The summed E-state index contributed by atoms with van der Waals surface area (Å²) >= 11 is 0. The Bertz CT molecular complexity index is 1260. The Morgan fingerprint density at radius 2 is 1.85 bits per heavy atom. The second-order valence-corrected chi connectivity index (χ2v) is 10.3. The molecule has 0 bridgehead atoms. The van der Waals surface area contributed by atoms with Gasteiger partial charge in [-0.05, 0) is 49.2 Å². The predicted molar refractivity (Wildman–Crippen MR) is 131 cm³/mol. The molecule has 0 spiro atoms. The highest BCUT2D eigenvalue weighted by molar-refractivity contribution is 7.90. The molecular weight excluding hydrogens is 456 g/mol. The van der Waals surface area contributed by atoms with Gasteiger partial charge in [0.2, 0.25) is 6.54 Å². The lowest BCUT2D eigenvalue weighted by molar-refractivity contribution is -0.484. The van der Waals surface area contributed by atoms with Crippen LogP contribution in [0.5, 0.6) is 5.75 Å². The number of fused-ring (bicyclic) bond motifs is 1. The number of carbonyl (C=O) groups is 1. The summed E-state index contributed by atoms with van der Waals surface area (Å²) in [7, 11) is -2.48. The molecule has 3 aromatic rings. The van der Waals surface area contributed by atoms with Crippen molar-refractivity contribution in [3.05, 3.63) is 69.9 Å². The fraction of sp³-hybridized carbons (Fsp3) is 0.400. The molecule has 0 saturated heterocycles. The van der Waals surface area contributed by atoms with Gasteiger partial charge in [-0.15, -0.1) is 0 Å². The van der Waals surface area contributed by atoms with Gasteiger partial charge < -0.3 is 9.53 Å². The van der Waals surface area contributed by atoms with Crippen LogP contribution in [-0.4, -0.2) is 37.3 Å². The standard InChI is InChI=1S/C25H30N2O6S/c1-4-5-6-7-19(17-28)23(16-27(29)30)24-15-26(25-13-10-20(33-3)14-22(24)25)34(31,32)21-11-8-18(2)9-12-21/h8-15,17,19,23H,4-7,16H2,1-3H3/t19-,23-/m1/s1. The van der Waals surface area contributed by atoms with E-state index in [1.165, 1.54) is 25.4 Å². The third-order valence-electron chi connectivity index (χ3n) is 6.16. The van der Waals surface area contributed by atoms with Crippen molar-refractivity contribution >= 4 is 27.2 Å². The number of nitro groups is 1. The van der Waals surface area contributed by atoms with Crippen molar-refractivity contribution in [2.45, 2.75) is 50.3 Å². The van der Waals surface area contributed by atoms with E-state index in [9.17, 15) is 23.3 Å². The molecule has 182 valence electrons. The largest absolute Gasteiger partial charge is 0.497 e. The minimum absolute atomic E-state index is 0.109. The number of ether oxygens (including phenoxy) is 1. The van der Waals surface area contributed by atoms with Crippen molar-refractivity contribution in [2.75, 3.05) is 13.7 Å². The van der Waals surface area contributed by atoms with Crippen molar-refractivity contribution < 1.29 is 22.9 Å². The Labute approximate surface area is 199 Å². The lowest BCUT2D eigenvalue weighted by Crippen LogP contribution is -2.22. The quantitative estimate of drug-likeness (QED) is 0.155. The van der Waals surface area contributed by atoms with Gasteiger partial charge in [-0.25, -0.2) is 12.4 Å². The van der Waals surface area contributed by atoms with Gasteiger partial charge in [0, 0.05) is 22.4 Å². The first kappa shape index (κ1) is 25.4. The molecule has 0 aliphatic heterocycles. The topological polar surface area (TPSA) is 109 Å². The third-order valence-corrected chi connectivity index (χ3v) is 7.85. The van der Waals surface area contributed by atoms with Crippen molar-refractivity contribution in [2.24, 2.45) is 5.92 Å². The molecule has 0 aliphatic rings. The van der Waals surface area contributed by atoms with E-state index in [4.69, 9.17) is 4.74 Å². The molecule has 0 fully saturated rings. The van der Waals surface area contributed by atoms with Gasteiger partial charge in [0.15, 0.2) is 0 Å². The van der Waals surface area contributed by atoms with Crippen molar-refractivity contribution in [3.8, 4) is 5.75 Å². The van der Waals surface area contributed by atoms with E-state index in [2.05, 4.69) is 0 Å². The fourth-order valence-electron chi connectivity index (χ4n) is 4.27. The summed E-state index contributed by atoms with van der Waals surface area (Å²) in [5.41, 5.74) is 1.76. The monoisotopic (exact) mass is 486 g/mol. The number of rotatable bonds is 12. The normalized spacial score (nSPS) is 13.5. The van der Waals surface area contributed by atoms with Crippen LogP contribution >= 0.6 is 0 Å². The number of aromatic nitrogens is 1. The molecule has 3 rings (SSSR count). The van der Waals surface area contributed by atoms with E-state index < -0.39 is 33.3 Å². The van der Waals surface area contributed by atoms with Crippen molar-refractivity contribution in [3.63, 3.8) is 0 Å². The molecule has 0 saturated carbocycles. The summed E-state index contributed by atoms with van der Waals surface area (Å²) in [5, 5.41) is 12.1. The Morgan fingerprint density at radius 1 is 1.15 bits per heavy atom. The zero-order valence-corrected chi connectivity index (χ0v) is 20.5. The van der Waals surface area contributed by atoms with Crippen LogP contribution in [0.15, 0.2) is 53.6 Å². The molecule has 9 heteroatoms. The molecule has 1 heterocycles. The molecule has 0 N–H and O–H groups in total. The summed E-state index contributed by atoms with van der Waals surface area (Å²) in [6.45, 7) is 3.43. The number of aldehydes is 1. The minimum atomic E-state index is -3.98. The van der Waals surface area contributed by atoms with Gasteiger partial charge in [-0.2, -0.15) is 0 Å². The number of aryl methyl sites for hydroxylation is 1. The number of nitrogens with zero attached hydrogens (tertiary/aromatic N) is 2. The molecule has 34 heavy (non-hydrogen) atoms. The van der Waals surface area contributed by atoms with Gasteiger partial charge in [0.25, 0.3) is 10.0 Å². The second-order valence-electron chi connectivity index (χ2n) is 8.50. The van der Waals surface area contributed by atoms with E-state index >= 15 is 0 Å². The molecular formula is C25H30N2O6S. The first-order valence-electron chi connectivity index (χ1n) is 11.3. The fourth-order valence-corrected chi connectivity index (χ4v) is 5.65. The van der Waals surface area contributed by atoms with Crippen molar-refractivity contribution in [1.29, 1.82) is 0 Å². The average Bonchev–Trinajstić information content (AvgIpc) is 3.20. The number of methoxy groups -OCH3 is 1. The van der Waals surface area contributed by atoms with E-state index in [1.54, 1.807) is 30.3 Å². The molecule has 2 atom stereocenters. The smallest absolute Gasteiger partial charge is 0.268 e.